The van der Waals surface area contributed by atoms with E-state index in [1.165, 1.54) is 0 Å². The molecular formula is C60H52Cl8Cu2N4O10S2. The Bertz CT molecular complexity index is 3040. The second-order valence-corrected chi connectivity index (χ2v) is 23.4. The SMILES string of the molecule is CS(C)=O.CS(C)=O.O=C([O-])Cc1ccccc1Nc1c(Cl)cccc1Cl.O=C([O-])Cc1ccccc1Nc1c(Cl)cccc1Cl.O=C([O-])Cc1ccccc1Nc1c(Cl)cccc1Cl.O=C([O-])Cc1ccccc1Nc1c(Cl)cccc1Cl.[Cu+2].[Cu+2]. The number of carboxylic acid groups (broad SMARTS) is 4. The molecule has 0 amide bonds. The van der Waals surface area contributed by atoms with E-state index < -0.39 is 45.5 Å². The standard InChI is InChI=1S/4C14H11Cl2NO2.2C2H6OS.2Cu/c4*15-10-5-3-6-11(16)14(10)17-12-7-2-1-4-9(12)8-13(18)19;2*1-4(2)3;;/h4*1-7,17H,8H2,(H,18,19);2*1-2H3;;/q;;;;;;2*+2/p-4. The maximum Gasteiger partial charge on any atom is 2.00 e. The Morgan fingerprint density at radius 1 is 0.302 bits per heavy atom. The first kappa shape index (κ1) is 78.5. The fourth-order valence-corrected chi connectivity index (χ4v) is 8.78. The van der Waals surface area contributed by atoms with Gasteiger partial charge in [0.05, 0.1) is 62.9 Å². The number of rotatable bonds is 16. The van der Waals surface area contributed by atoms with Crippen LogP contribution in [0.1, 0.15) is 22.3 Å². The molecule has 86 heavy (non-hydrogen) atoms. The fraction of sp³-hybridized carbons (Fsp3) is 0.133. The summed E-state index contributed by atoms with van der Waals surface area (Å²) in [4.78, 5) is 42.9. The van der Waals surface area contributed by atoms with Gasteiger partial charge in [0.15, 0.2) is 0 Å². The minimum absolute atomic E-state index is 0. The molecule has 0 saturated carbocycles. The summed E-state index contributed by atoms with van der Waals surface area (Å²) in [5, 5.41) is 58.8. The molecule has 8 aromatic carbocycles. The van der Waals surface area contributed by atoms with E-state index in [1.54, 1.807) is 195 Å². The monoisotopic (exact) mass is 1460 g/mol. The molecule has 0 atom stereocenters. The summed E-state index contributed by atoms with van der Waals surface area (Å²) in [5.41, 5.74) is 7.21. The molecule has 0 aliphatic carbocycles. The Balaban J connectivity index is 0.000000545. The van der Waals surface area contributed by atoms with E-state index >= 15 is 0 Å². The van der Waals surface area contributed by atoms with Crippen molar-refractivity contribution in [3.63, 3.8) is 0 Å². The maximum atomic E-state index is 10.7. The van der Waals surface area contributed by atoms with Crippen LogP contribution in [0.25, 0.3) is 0 Å². The van der Waals surface area contributed by atoms with Crippen LogP contribution < -0.4 is 41.7 Å². The number of halogens is 8. The van der Waals surface area contributed by atoms with Gasteiger partial charge in [-0.15, -0.1) is 0 Å². The molecule has 0 heterocycles. The summed E-state index contributed by atoms with van der Waals surface area (Å²) in [6.45, 7) is 0. The average Bonchev–Trinajstić information content (AvgIpc) is 3.38. The molecule has 0 fully saturated rings. The second-order valence-electron chi connectivity index (χ2n) is 17.2. The number of carboxylic acids is 4. The number of para-hydroxylation sites is 8. The zero-order valence-electron chi connectivity index (χ0n) is 45.5. The van der Waals surface area contributed by atoms with Gasteiger partial charge in [0, 0.05) is 119 Å². The molecule has 14 nitrogen and oxygen atoms in total. The normalized spacial score (nSPS) is 9.84. The molecule has 8 rings (SSSR count). The van der Waals surface area contributed by atoms with Gasteiger partial charge in [0.25, 0.3) is 0 Å². The zero-order valence-corrected chi connectivity index (χ0v) is 55.1. The van der Waals surface area contributed by atoms with Crippen LogP contribution >= 0.6 is 92.8 Å². The Morgan fingerprint density at radius 2 is 0.442 bits per heavy atom. The summed E-state index contributed by atoms with van der Waals surface area (Å²) in [7, 11) is -1.22. The number of carbonyl (C=O) groups excluding carboxylic acids is 4. The van der Waals surface area contributed by atoms with Crippen LogP contribution in [0.2, 0.25) is 40.2 Å². The van der Waals surface area contributed by atoms with Crippen molar-refractivity contribution in [2.75, 3.05) is 46.3 Å². The molecule has 0 spiro atoms. The molecular weight excluding hydrogens is 1410 g/mol. The summed E-state index contributed by atoms with van der Waals surface area (Å²) in [6.07, 6.45) is 5.85. The van der Waals surface area contributed by atoms with Gasteiger partial charge in [-0.1, -0.05) is 190 Å². The molecule has 4 N–H and O–H groups in total. The van der Waals surface area contributed by atoms with Gasteiger partial charge >= 0.3 is 34.1 Å². The Labute approximate surface area is 565 Å². The van der Waals surface area contributed by atoms with E-state index in [0.717, 1.165) is 0 Å². The van der Waals surface area contributed by atoms with E-state index in [9.17, 15) is 48.0 Å². The predicted octanol–water partition coefficient (Wildman–Crippen LogP) is 12.1. The van der Waals surface area contributed by atoms with Gasteiger partial charge in [-0.25, -0.2) is 0 Å². The number of hydrogen-bond donors (Lipinski definition) is 4. The topological polar surface area (TPSA) is 243 Å². The van der Waals surface area contributed by atoms with Gasteiger partial charge < -0.3 is 60.9 Å². The van der Waals surface area contributed by atoms with Crippen molar-refractivity contribution in [2.45, 2.75) is 25.7 Å². The smallest absolute Gasteiger partial charge is 0.550 e. The maximum absolute atomic E-state index is 10.7. The van der Waals surface area contributed by atoms with Crippen molar-refractivity contribution in [3.8, 4) is 0 Å². The number of nitrogens with one attached hydrogen (secondary N) is 4. The van der Waals surface area contributed by atoms with Crippen molar-refractivity contribution in [1.82, 2.24) is 0 Å². The van der Waals surface area contributed by atoms with Crippen LogP contribution in [0.4, 0.5) is 45.5 Å². The molecule has 0 aliphatic rings. The summed E-state index contributed by atoms with van der Waals surface area (Å²) >= 11 is 48.5. The first-order valence-corrected chi connectivity index (χ1v) is 31.2. The Hall–Kier alpha value is -5.50. The van der Waals surface area contributed by atoms with Gasteiger partial charge in [0.1, 0.15) is 0 Å². The quantitative estimate of drug-likeness (QED) is 0.0658. The van der Waals surface area contributed by atoms with Crippen LogP contribution in [-0.4, -0.2) is 57.3 Å². The van der Waals surface area contributed by atoms with Crippen LogP contribution in [0.15, 0.2) is 170 Å². The third kappa shape index (κ3) is 29.5. The first-order chi connectivity index (χ1) is 39.8. The molecule has 0 aliphatic heterocycles. The van der Waals surface area contributed by atoms with Crippen molar-refractivity contribution >= 4 is 184 Å². The summed E-state index contributed by atoms with van der Waals surface area (Å²) in [5.74, 6) is -4.56. The average molecular weight is 1460 g/mol. The summed E-state index contributed by atoms with van der Waals surface area (Å²) in [6, 6.07) is 48.7. The number of benzene rings is 8. The van der Waals surface area contributed by atoms with E-state index in [1.807, 2.05) is 0 Å². The van der Waals surface area contributed by atoms with E-state index in [0.29, 0.717) is 108 Å². The molecule has 462 valence electrons. The predicted molar refractivity (Wildman–Crippen MR) is 340 cm³/mol. The first-order valence-electron chi connectivity index (χ1n) is 24.2. The van der Waals surface area contributed by atoms with Crippen LogP contribution in [0.5, 0.6) is 0 Å². The van der Waals surface area contributed by atoms with Crippen molar-refractivity contribution < 1.29 is 82.2 Å². The van der Waals surface area contributed by atoms with Crippen LogP contribution in [-0.2, 0) is 101 Å². The van der Waals surface area contributed by atoms with E-state index in [4.69, 9.17) is 92.8 Å². The van der Waals surface area contributed by atoms with Crippen LogP contribution in [0.3, 0.4) is 0 Å². The third-order valence-corrected chi connectivity index (χ3v) is 12.8. The number of aliphatic carboxylic acids is 4. The Kier molecular flexibility index (Phi) is 38.0. The molecule has 0 bridgehead atoms. The minimum Gasteiger partial charge on any atom is -0.550 e. The molecule has 0 aromatic heterocycles. The van der Waals surface area contributed by atoms with Gasteiger partial charge in [0.2, 0.25) is 0 Å². The molecule has 0 unspecified atom stereocenters. The van der Waals surface area contributed by atoms with E-state index in [2.05, 4.69) is 21.3 Å². The molecule has 0 saturated heterocycles. The second kappa shape index (κ2) is 41.6. The van der Waals surface area contributed by atoms with Crippen molar-refractivity contribution in [3.05, 3.63) is 232 Å². The minimum atomic E-state index is -1.14. The Morgan fingerprint density at radius 3 is 0.581 bits per heavy atom. The van der Waals surface area contributed by atoms with Crippen molar-refractivity contribution in [2.24, 2.45) is 0 Å². The van der Waals surface area contributed by atoms with Crippen molar-refractivity contribution in [1.29, 1.82) is 0 Å². The van der Waals surface area contributed by atoms with Gasteiger partial charge in [-0.05, 0) is 95.1 Å². The zero-order chi connectivity index (χ0) is 62.5. The number of anilines is 8. The van der Waals surface area contributed by atoms with Crippen LogP contribution in [0, 0.1) is 0 Å². The number of hydrogen-bond acceptors (Lipinski definition) is 14. The third-order valence-electron chi connectivity index (χ3n) is 10.3. The number of carbonyl (C=O) groups is 4. The van der Waals surface area contributed by atoms with Gasteiger partial charge in [-0.3, -0.25) is 8.42 Å². The largest absolute Gasteiger partial charge is 2.00 e. The summed E-state index contributed by atoms with van der Waals surface area (Å²) < 4.78 is 19.1. The molecule has 2 radical (unpaired) electrons. The van der Waals surface area contributed by atoms with Gasteiger partial charge in [-0.2, -0.15) is 0 Å². The molecule has 8 aromatic rings. The fourth-order valence-electron chi connectivity index (χ4n) is 6.82. The van der Waals surface area contributed by atoms with E-state index in [-0.39, 0.29) is 59.8 Å². The molecule has 26 heteroatoms.